The number of nitrogens with one attached hydrogen (secondary N) is 2. The van der Waals surface area contributed by atoms with E-state index in [4.69, 9.17) is 4.74 Å². The van der Waals surface area contributed by atoms with Gasteiger partial charge in [-0.2, -0.15) is 0 Å². The predicted molar refractivity (Wildman–Crippen MR) is 83.4 cm³/mol. The van der Waals surface area contributed by atoms with E-state index >= 15 is 0 Å². The van der Waals surface area contributed by atoms with Gasteiger partial charge < -0.3 is 15.4 Å². The second kappa shape index (κ2) is 7.45. The Morgan fingerprint density at radius 3 is 2.43 bits per heavy atom. The summed E-state index contributed by atoms with van der Waals surface area (Å²) in [6, 6.07) is 15.5. The molecule has 0 fully saturated rings. The Morgan fingerprint density at radius 1 is 1.05 bits per heavy atom. The molecule has 0 spiro atoms. The van der Waals surface area contributed by atoms with Crippen LogP contribution in [0.2, 0.25) is 0 Å². The maximum absolute atomic E-state index is 11.5. The van der Waals surface area contributed by atoms with Crippen LogP contribution in [0.4, 0.5) is 0 Å². The molecule has 0 unspecified atom stereocenters. The zero-order valence-corrected chi connectivity index (χ0v) is 12.3. The maximum Gasteiger partial charge on any atom is 0.251 e. The maximum atomic E-state index is 11.5. The first-order valence-corrected chi connectivity index (χ1v) is 6.88. The minimum atomic E-state index is -0.0662. The zero-order valence-electron chi connectivity index (χ0n) is 12.3. The summed E-state index contributed by atoms with van der Waals surface area (Å²) < 4.78 is 5.32. The Morgan fingerprint density at radius 2 is 1.76 bits per heavy atom. The minimum Gasteiger partial charge on any atom is -0.496 e. The van der Waals surface area contributed by atoms with Gasteiger partial charge in [0.2, 0.25) is 0 Å². The molecule has 4 heteroatoms. The van der Waals surface area contributed by atoms with Gasteiger partial charge in [0, 0.05) is 31.3 Å². The molecule has 2 rings (SSSR count). The summed E-state index contributed by atoms with van der Waals surface area (Å²) in [5.41, 5.74) is 2.94. The van der Waals surface area contributed by atoms with Crippen molar-refractivity contribution in [2.24, 2.45) is 0 Å². The molecule has 2 aromatic rings. The van der Waals surface area contributed by atoms with E-state index in [0.29, 0.717) is 5.56 Å². The molecule has 0 radical (unpaired) electrons. The fourth-order valence-electron chi connectivity index (χ4n) is 2.11. The molecule has 2 aromatic carbocycles. The van der Waals surface area contributed by atoms with Gasteiger partial charge in [0.1, 0.15) is 5.75 Å². The lowest BCUT2D eigenvalue weighted by Gasteiger charge is -2.09. The molecule has 110 valence electrons. The van der Waals surface area contributed by atoms with Crippen LogP contribution in [0.3, 0.4) is 0 Å². The van der Waals surface area contributed by atoms with E-state index in [1.807, 2.05) is 48.5 Å². The van der Waals surface area contributed by atoms with Gasteiger partial charge in [-0.05, 0) is 23.8 Å². The van der Waals surface area contributed by atoms with E-state index in [1.165, 1.54) is 0 Å². The Bertz CT molecular complexity index is 594. The van der Waals surface area contributed by atoms with Crippen LogP contribution in [-0.4, -0.2) is 20.1 Å². The van der Waals surface area contributed by atoms with Crippen LogP contribution in [0.25, 0.3) is 0 Å². The van der Waals surface area contributed by atoms with Crippen LogP contribution < -0.4 is 15.4 Å². The van der Waals surface area contributed by atoms with Crippen LogP contribution in [0.1, 0.15) is 21.5 Å². The number of benzene rings is 2. The van der Waals surface area contributed by atoms with Gasteiger partial charge in [0.05, 0.1) is 7.11 Å². The average Bonchev–Trinajstić information content (AvgIpc) is 2.55. The quantitative estimate of drug-likeness (QED) is 0.856. The molecule has 0 bridgehead atoms. The van der Waals surface area contributed by atoms with Crippen LogP contribution in [0.5, 0.6) is 5.75 Å². The smallest absolute Gasteiger partial charge is 0.251 e. The molecule has 0 saturated heterocycles. The summed E-state index contributed by atoms with van der Waals surface area (Å²) in [6.07, 6.45) is 0. The molecule has 1 amide bonds. The summed E-state index contributed by atoms with van der Waals surface area (Å²) >= 11 is 0. The minimum absolute atomic E-state index is 0.0662. The molecule has 4 nitrogen and oxygen atoms in total. The predicted octanol–water partition coefficient (Wildman–Crippen LogP) is 2.34. The van der Waals surface area contributed by atoms with Gasteiger partial charge in [0.15, 0.2) is 0 Å². The lowest BCUT2D eigenvalue weighted by molar-refractivity contribution is 0.0963. The second-order valence-electron chi connectivity index (χ2n) is 4.69. The van der Waals surface area contributed by atoms with Crippen molar-refractivity contribution in [3.05, 3.63) is 65.2 Å². The van der Waals surface area contributed by atoms with Crippen molar-refractivity contribution in [1.82, 2.24) is 10.6 Å². The highest BCUT2D eigenvalue weighted by molar-refractivity contribution is 5.93. The molecular weight excluding hydrogens is 264 g/mol. The summed E-state index contributed by atoms with van der Waals surface area (Å²) in [7, 11) is 3.31. The van der Waals surface area contributed by atoms with Crippen molar-refractivity contribution in [3.8, 4) is 5.75 Å². The summed E-state index contributed by atoms with van der Waals surface area (Å²) in [6.45, 7) is 1.48. The number of rotatable bonds is 6. The molecule has 0 atom stereocenters. The average molecular weight is 284 g/mol. The highest BCUT2D eigenvalue weighted by atomic mass is 16.5. The number of hydrogen-bond donors (Lipinski definition) is 2. The third-order valence-electron chi connectivity index (χ3n) is 3.28. The van der Waals surface area contributed by atoms with Gasteiger partial charge in [-0.25, -0.2) is 0 Å². The van der Waals surface area contributed by atoms with Crippen LogP contribution in [-0.2, 0) is 13.1 Å². The number of carbonyl (C=O) groups is 1. The molecule has 0 aliphatic rings. The van der Waals surface area contributed by atoms with Crippen molar-refractivity contribution in [3.63, 3.8) is 0 Å². The van der Waals surface area contributed by atoms with E-state index in [1.54, 1.807) is 14.2 Å². The molecule has 0 saturated carbocycles. The van der Waals surface area contributed by atoms with Gasteiger partial charge >= 0.3 is 0 Å². The number of para-hydroxylation sites is 1. The van der Waals surface area contributed by atoms with Gasteiger partial charge in [-0.15, -0.1) is 0 Å². The molecule has 0 aromatic heterocycles. The Hall–Kier alpha value is -2.33. The molecule has 0 heterocycles. The number of amides is 1. The van der Waals surface area contributed by atoms with E-state index in [2.05, 4.69) is 10.6 Å². The highest BCUT2D eigenvalue weighted by Gasteiger charge is 2.03. The Kier molecular flexibility index (Phi) is 5.35. The van der Waals surface area contributed by atoms with Gasteiger partial charge in [-0.1, -0.05) is 30.3 Å². The lowest BCUT2D eigenvalue weighted by Crippen LogP contribution is -2.18. The van der Waals surface area contributed by atoms with Crippen molar-refractivity contribution < 1.29 is 9.53 Å². The van der Waals surface area contributed by atoms with Gasteiger partial charge in [-0.3, -0.25) is 4.79 Å². The molecule has 0 aliphatic heterocycles. The Balaban J connectivity index is 1.90. The molecular formula is C17H20N2O2. The van der Waals surface area contributed by atoms with Crippen LogP contribution in [0, 0.1) is 0 Å². The SMILES string of the molecule is CNC(=O)c1ccc(CNCc2ccccc2OC)cc1. The van der Waals surface area contributed by atoms with Crippen molar-refractivity contribution in [1.29, 1.82) is 0 Å². The topological polar surface area (TPSA) is 50.4 Å². The summed E-state index contributed by atoms with van der Waals surface area (Å²) in [4.78, 5) is 11.5. The standard InChI is InChI=1S/C17H20N2O2/c1-18-17(20)14-9-7-13(8-10-14)11-19-12-15-5-3-4-6-16(15)21-2/h3-10,19H,11-12H2,1-2H3,(H,18,20). The summed E-state index contributed by atoms with van der Waals surface area (Å²) in [5.74, 6) is 0.823. The lowest BCUT2D eigenvalue weighted by atomic mass is 10.1. The van der Waals surface area contributed by atoms with E-state index in [9.17, 15) is 4.79 Å². The first-order chi connectivity index (χ1) is 10.2. The molecule has 2 N–H and O–H groups in total. The number of carbonyl (C=O) groups excluding carboxylic acids is 1. The van der Waals surface area contributed by atoms with Gasteiger partial charge in [0.25, 0.3) is 5.91 Å². The first kappa shape index (κ1) is 15.1. The summed E-state index contributed by atoms with van der Waals surface area (Å²) in [5, 5.41) is 5.98. The number of ether oxygens (including phenoxy) is 1. The van der Waals surface area contributed by atoms with Crippen molar-refractivity contribution in [2.75, 3.05) is 14.2 Å². The highest BCUT2D eigenvalue weighted by Crippen LogP contribution is 2.16. The largest absolute Gasteiger partial charge is 0.496 e. The molecule has 21 heavy (non-hydrogen) atoms. The van der Waals surface area contributed by atoms with E-state index in [-0.39, 0.29) is 5.91 Å². The third-order valence-corrected chi connectivity index (χ3v) is 3.28. The van der Waals surface area contributed by atoms with Crippen LogP contribution in [0.15, 0.2) is 48.5 Å². The normalized spacial score (nSPS) is 10.2. The van der Waals surface area contributed by atoms with E-state index in [0.717, 1.165) is 30.0 Å². The fraction of sp³-hybridized carbons (Fsp3) is 0.235. The van der Waals surface area contributed by atoms with Crippen molar-refractivity contribution >= 4 is 5.91 Å². The second-order valence-corrected chi connectivity index (χ2v) is 4.69. The van der Waals surface area contributed by atoms with Crippen molar-refractivity contribution in [2.45, 2.75) is 13.1 Å². The molecule has 0 aliphatic carbocycles. The zero-order chi connectivity index (χ0) is 15.1. The first-order valence-electron chi connectivity index (χ1n) is 6.88. The fourth-order valence-corrected chi connectivity index (χ4v) is 2.11. The monoisotopic (exact) mass is 284 g/mol. The third kappa shape index (κ3) is 4.07. The Labute approximate surface area is 125 Å². The van der Waals surface area contributed by atoms with E-state index < -0.39 is 0 Å². The number of hydrogen-bond acceptors (Lipinski definition) is 3. The van der Waals surface area contributed by atoms with Crippen LogP contribution >= 0.6 is 0 Å². The number of methoxy groups -OCH3 is 1.